The lowest BCUT2D eigenvalue weighted by atomic mass is 9.95. The number of hydrogen-bond acceptors (Lipinski definition) is 2. The van der Waals surface area contributed by atoms with E-state index >= 15 is 0 Å². The molecule has 2 aromatic rings. The van der Waals surface area contributed by atoms with Crippen molar-refractivity contribution in [2.24, 2.45) is 5.73 Å². The second kappa shape index (κ2) is 11.3. The van der Waals surface area contributed by atoms with Gasteiger partial charge in [0.2, 0.25) is 5.91 Å². The molecule has 0 spiro atoms. The lowest BCUT2D eigenvalue weighted by molar-refractivity contribution is -0.140. The van der Waals surface area contributed by atoms with Crippen molar-refractivity contribution in [1.29, 1.82) is 0 Å². The van der Waals surface area contributed by atoms with Gasteiger partial charge in [0.15, 0.2) is 0 Å². The quantitative estimate of drug-likeness (QED) is 0.267. The Labute approximate surface area is 215 Å². The Hall–Kier alpha value is -2.50. The van der Waals surface area contributed by atoms with Crippen molar-refractivity contribution in [3.63, 3.8) is 0 Å². The van der Waals surface area contributed by atoms with Gasteiger partial charge in [0, 0.05) is 5.56 Å². The van der Waals surface area contributed by atoms with Crippen LogP contribution in [0.1, 0.15) is 46.3 Å². The number of carbonyl (C=O) groups is 2. The van der Waals surface area contributed by atoms with E-state index in [1.54, 1.807) is 0 Å². The number of alkyl halides is 6. The predicted octanol–water partition coefficient (Wildman–Crippen LogP) is 7.32. The Morgan fingerprint density at radius 3 is 2.03 bits per heavy atom. The Kier molecular flexibility index (Phi) is 9.30. The van der Waals surface area contributed by atoms with Crippen LogP contribution in [0.4, 0.5) is 30.7 Å². The zero-order valence-electron chi connectivity index (χ0n) is 18.0. The number of nitrogens with two attached hydrogens (primary N) is 1. The third kappa shape index (κ3) is 7.04. The van der Waals surface area contributed by atoms with Crippen LogP contribution in [0, 0.1) is 0 Å². The summed E-state index contributed by atoms with van der Waals surface area (Å²) < 4.78 is 96.9. The van der Waals surface area contributed by atoms with Gasteiger partial charge in [0.1, 0.15) is 17.8 Å². The molecule has 0 aliphatic rings. The number of nitrogens with one attached hydrogen (secondary N) is 1. The topological polar surface area (TPSA) is 72.2 Å². The second-order valence-corrected chi connectivity index (χ2v) is 8.62. The predicted molar refractivity (Wildman–Crippen MR) is 122 cm³/mol. The van der Waals surface area contributed by atoms with Crippen LogP contribution in [0.15, 0.2) is 36.4 Å². The lowest BCUT2D eigenvalue weighted by Crippen LogP contribution is -2.44. The molecule has 2 amide bonds. The molecule has 2 rings (SSSR count). The van der Waals surface area contributed by atoms with Crippen molar-refractivity contribution >= 4 is 52.4 Å². The number of benzene rings is 2. The summed E-state index contributed by atoms with van der Waals surface area (Å²) in [6.07, 6.45) is -10.3. The highest BCUT2D eigenvalue weighted by Gasteiger charge is 2.41. The molecular weight excluding hydrogens is 564 g/mol. The van der Waals surface area contributed by atoms with Gasteiger partial charge in [-0.25, -0.2) is 4.39 Å². The molecule has 14 heteroatoms. The van der Waals surface area contributed by atoms with Crippen molar-refractivity contribution in [3.8, 4) is 0 Å². The Morgan fingerprint density at radius 2 is 1.58 bits per heavy atom. The molecule has 196 valence electrons. The van der Waals surface area contributed by atoms with Crippen LogP contribution in [0.2, 0.25) is 15.1 Å². The molecule has 0 saturated carbocycles. The van der Waals surface area contributed by atoms with Crippen molar-refractivity contribution < 1.29 is 40.3 Å². The first kappa shape index (κ1) is 29.7. The van der Waals surface area contributed by atoms with Crippen molar-refractivity contribution in [1.82, 2.24) is 5.32 Å². The maximum atomic E-state index is 14.9. The number of rotatable bonds is 7. The Bertz CT molecular complexity index is 1170. The fourth-order valence-electron chi connectivity index (χ4n) is 3.11. The molecule has 36 heavy (non-hydrogen) atoms. The smallest absolute Gasteiger partial charge is 0.368 e. The summed E-state index contributed by atoms with van der Waals surface area (Å²) in [5, 5.41) is 1.09. The average Bonchev–Trinajstić information content (AvgIpc) is 2.76. The Morgan fingerprint density at radius 1 is 1.03 bits per heavy atom. The maximum Gasteiger partial charge on any atom is 0.417 e. The van der Waals surface area contributed by atoms with Gasteiger partial charge in [-0.1, -0.05) is 47.8 Å². The largest absolute Gasteiger partial charge is 0.417 e. The first-order chi connectivity index (χ1) is 16.5. The van der Waals surface area contributed by atoms with E-state index in [1.165, 1.54) is 6.92 Å². The highest BCUT2D eigenvalue weighted by atomic mass is 35.5. The zero-order valence-corrected chi connectivity index (χ0v) is 20.3. The Balaban J connectivity index is 2.58. The number of amides is 2. The number of carbonyl (C=O) groups excluding carboxylic acids is 2. The zero-order chi connectivity index (χ0) is 27.6. The molecule has 2 atom stereocenters. The molecule has 0 aromatic heterocycles. The molecule has 0 aliphatic carbocycles. The first-order valence-electron chi connectivity index (χ1n) is 9.87. The minimum absolute atomic E-state index is 0.0184. The molecular formula is C22H16Cl3F7N2O2. The van der Waals surface area contributed by atoms with Gasteiger partial charge >= 0.3 is 12.4 Å². The normalized spacial score (nSPS) is 14.4. The van der Waals surface area contributed by atoms with Crippen LogP contribution < -0.4 is 11.1 Å². The van der Waals surface area contributed by atoms with Crippen LogP contribution in [0.3, 0.4) is 0 Å². The summed E-state index contributed by atoms with van der Waals surface area (Å²) in [7, 11) is 0. The number of halogens is 10. The third-order valence-electron chi connectivity index (χ3n) is 4.93. The van der Waals surface area contributed by atoms with Gasteiger partial charge in [-0.3, -0.25) is 9.59 Å². The maximum absolute atomic E-state index is 14.9. The molecule has 0 saturated heterocycles. The lowest BCUT2D eigenvalue weighted by Gasteiger charge is -2.19. The van der Waals surface area contributed by atoms with Crippen LogP contribution in [-0.4, -0.2) is 24.0 Å². The molecule has 2 aromatic carbocycles. The molecule has 2 unspecified atom stereocenters. The van der Waals surface area contributed by atoms with Crippen LogP contribution in [0.25, 0.3) is 5.83 Å². The molecule has 3 N–H and O–H groups in total. The summed E-state index contributed by atoms with van der Waals surface area (Å²) in [5.41, 5.74) is 0.950. The first-order valence-corrected chi connectivity index (χ1v) is 11.0. The monoisotopic (exact) mass is 578 g/mol. The van der Waals surface area contributed by atoms with Gasteiger partial charge in [-0.05, 0) is 42.3 Å². The van der Waals surface area contributed by atoms with Gasteiger partial charge in [0.05, 0.1) is 26.2 Å². The van der Waals surface area contributed by atoms with Gasteiger partial charge in [-0.2, -0.15) is 26.3 Å². The summed E-state index contributed by atoms with van der Waals surface area (Å²) in [6, 6.07) is 1.77. The van der Waals surface area contributed by atoms with Crippen molar-refractivity contribution in [2.45, 2.75) is 37.7 Å². The van der Waals surface area contributed by atoms with E-state index in [4.69, 9.17) is 40.5 Å². The van der Waals surface area contributed by atoms with E-state index in [0.29, 0.717) is 12.1 Å². The van der Waals surface area contributed by atoms with E-state index in [-0.39, 0.29) is 33.6 Å². The van der Waals surface area contributed by atoms with Gasteiger partial charge in [-0.15, -0.1) is 0 Å². The summed E-state index contributed by atoms with van der Waals surface area (Å²) in [6.45, 7) is 1.45. The molecule has 0 bridgehead atoms. The molecule has 4 nitrogen and oxygen atoms in total. The van der Waals surface area contributed by atoms with Crippen LogP contribution in [-0.2, 0) is 11.0 Å². The molecule has 0 fully saturated rings. The summed E-state index contributed by atoms with van der Waals surface area (Å²) >= 11 is 17.3. The van der Waals surface area contributed by atoms with Crippen LogP contribution >= 0.6 is 34.8 Å². The molecule has 0 heterocycles. The fraction of sp³-hybridized carbons (Fsp3) is 0.273. The SMILES string of the molecule is CCC(NC(=O)c1ccc(/C(F)=C/C(c2cc(Cl)c(Cl)c(Cl)c2)C(F)(F)F)cc1C(F)(F)F)C(N)=O. The molecule has 0 radical (unpaired) electrons. The highest BCUT2D eigenvalue weighted by Crippen LogP contribution is 2.42. The minimum atomic E-state index is -5.20. The third-order valence-corrected chi connectivity index (χ3v) is 6.13. The van der Waals surface area contributed by atoms with Gasteiger partial charge in [0.25, 0.3) is 5.91 Å². The average molecular weight is 580 g/mol. The standard InChI is InChI=1S/C22H16Cl3F7N2O2/c1-2-17(19(33)35)34-20(36)11-4-3-9(5-13(11)22(30,31)32)16(26)8-12(21(27,28)29)10-6-14(23)18(25)15(24)7-10/h3-8,12,17H,2H2,1H3,(H2,33,35)(H,34,36)/b16-8-. The van der Waals surface area contributed by atoms with E-state index < -0.39 is 64.2 Å². The summed E-state index contributed by atoms with van der Waals surface area (Å²) in [4.78, 5) is 23.6. The molecule has 0 aliphatic heterocycles. The van der Waals surface area contributed by atoms with E-state index in [9.17, 15) is 40.3 Å². The number of primary amides is 1. The second-order valence-electron chi connectivity index (χ2n) is 7.43. The number of hydrogen-bond donors (Lipinski definition) is 2. The van der Waals surface area contributed by atoms with E-state index in [0.717, 1.165) is 12.1 Å². The van der Waals surface area contributed by atoms with E-state index in [2.05, 4.69) is 0 Å². The van der Waals surface area contributed by atoms with E-state index in [1.807, 2.05) is 5.32 Å². The van der Waals surface area contributed by atoms with Crippen molar-refractivity contribution in [3.05, 3.63) is 73.7 Å². The van der Waals surface area contributed by atoms with Crippen LogP contribution in [0.5, 0.6) is 0 Å². The minimum Gasteiger partial charge on any atom is -0.368 e. The number of allylic oxidation sites excluding steroid dienone is 1. The van der Waals surface area contributed by atoms with Crippen molar-refractivity contribution in [2.75, 3.05) is 0 Å². The van der Waals surface area contributed by atoms with Gasteiger partial charge < -0.3 is 11.1 Å². The summed E-state index contributed by atoms with van der Waals surface area (Å²) in [5.74, 6) is -6.64. The highest BCUT2D eigenvalue weighted by molar-refractivity contribution is 6.48. The fourth-order valence-corrected chi connectivity index (χ4v) is 3.73.